The number of thioether (sulfide) groups is 1. The van der Waals surface area contributed by atoms with E-state index >= 15 is 0 Å². The molecule has 0 radical (unpaired) electrons. The van der Waals surface area contributed by atoms with Gasteiger partial charge in [-0.3, -0.25) is 9.36 Å². The predicted molar refractivity (Wildman–Crippen MR) is 108 cm³/mol. The van der Waals surface area contributed by atoms with E-state index in [2.05, 4.69) is 10.2 Å². The summed E-state index contributed by atoms with van der Waals surface area (Å²) in [6.45, 7) is 1.06. The average molecular weight is 436 g/mol. The summed E-state index contributed by atoms with van der Waals surface area (Å²) in [6.07, 6.45) is -4.46. The first kappa shape index (κ1) is 21.7. The summed E-state index contributed by atoms with van der Waals surface area (Å²) >= 11 is 1.01. The Kier molecular flexibility index (Phi) is 6.99. The Labute approximate surface area is 175 Å². The Balaban J connectivity index is 1.86. The van der Waals surface area contributed by atoms with Gasteiger partial charge >= 0.3 is 6.18 Å². The fraction of sp³-hybridized carbons (Fsp3) is 0.250. The second-order valence-electron chi connectivity index (χ2n) is 6.12. The number of hydrogen-bond donors (Lipinski definition) is 1. The standard InChI is InChI=1S/C20H19F3N4O2S/c1-2-29-16-10-8-15(9-11-16)27-18(14-6-4-3-5-7-14)25-26-19(27)30-12-17(28)24-13-20(21,22)23/h3-11H,2,12-13H2,1H3,(H,24,28). The van der Waals surface area contributed by atoms with Crippen LogP contribution < -0.4 is 10.1 Å². The van der Waals surface area contributed by atoms with Crippen LogP contribution in [0.25, 0.3) is 17.1 Å². The van der Waals surface area contributed by atoms with Crippen LogP contribution >= 0.6 is 11.8 Å². The molecular weight excluding hydrogens is 417 g/mol. The van der Waals surface area contributed by atoms with E-state index in [-0.39, 0.29) is 5.75 Å². The van der Waals surface area contributed by atoms with Crippen LogP contribution in [-0.4, -0.2) is 45.8 Å². The lowest BCUT2D eigenvalue weighted by Gasteiger charge is -2.12. The number of hydrogen-bond acceptors (Lipinski definition) is 5. The van der Waals surface area contributed by atoms with Gasteiger partial charge in [-0.1, -0.05) is 42.1 Å². The van der Waals surface area contributed by atoms with Crippen molar-refractivity contribution >= 4 is 17.7 Å². The van der Waals surface area contributed by atoms with E-state index in [1.165, 1.54) is 0 Å². The largest absolute Gasteiger partial charge is 0.494 e. The van der Waals surface area contributed by atoms with Crippen molar-refractivity contribution in [2.45, 2.75) is 18.3 Å². The van der Waals surface area contributed by atoms with E-state index < -0.39 is 18.6 Å². The van der Waals surface area contributed by atoms with Crippen LogP contribution in [0.2, 0.25) is 0 Å². The quantitative estimate of drug-likeness (QED) is 0.539. The number of benzene rings is 2. The second-order valence-corrected chi connectivity index (χ2v) is 7.06. The Hall–Kier alpha value is -3.01. The smallest absolute Gasteiger partial charge is 0.405 e. The molecule has 0 unspecified atom stereocenters. The van der Waals surface area contributed by atoms with Crippen molar-refractivity contribution in [3.8, 4) is 22.8 Å². The van der Waals surface area contributed by atoms with Gasteiger partial charge in [0.15, 0.2) is 11.0 Å². The number of carbonyl (C=O) groups is 1. The van der Waals surface area contributed by atoms with Gasteiger partial charge in [0.25, 0.3) is 0 Å². The van der Waals surface area contributed by atoms with Crippen LogP contribution in [0.1, 0.15) is 6.92 Å². The van der Waals surface area contributed by atoms with Crippen LogP contribution in [0.3, 0.4) is 0 Å². The molecule has 6 nitrogen and oxygen atoms in total. The molecule has 0 fully saturated rings. The van der Waals surface area contributed by atoms with E-state index in [1.54, 1.807) is 16.7 Å². The van der Waals surface area contributed by atoms with Crippen LogP contribution in [-0.2, 0) is 4.79 Å². The molecule has 0 aliphatic heterocycles. The van der Waals surface area contributed by atoms with Gasteiger partial charge in [-0.05, 0) is 31.2 Å². The van der Waals surface area contributed by atoms with Gasteiger partial charge in [0.05, 0.1) is 12.4 Å². The molecule has 158 valence electrons. The summed E-state index contributed by atoms with van der Waals surface area (Å²) in [5.41, 5.74) is 1.55. The van der Waals surface area contributed by atoms with Crippen molar-refractivity contribution < 1.29 is 22.7 Å². The maximum absolute atomic E-state index is 12.3. The molecule has 0 spiro atoms. The Morgan fingerprint density at radius 2 is 1.80 bits per heavy atom. The predicted octanol–water partition coefficient (Wildman–Crippen LogP) is 4.10. The lowest BCUT2D eigenvalue weighted by atomic mass is 10.2. The maximum atomic E-state index is 12.3. The minimum atomic E-state index is -4.46. The molecule has 0 aliphatic rings. The zero-order valence-corrected chi connectivity index (χ0v) is 16.8. The van der Waals surface area contributed by atoms with E-state index in [0.29, 0.717) is 23.3 Å². The number of alkyl halides is 3. The maximum Gasteiger partial charge on any atom is 0.405 e. The van der Waals surface area contributed by atoms with E-state index in [1.807, 2.05) is 54.7 Å². The fourth-order valence-electron chi connectivity index (χ4n) is 2.61. The first-order chi connectivity index (χ1) is 14.4. The SMILES string of the molecule is CCOc1ccc(-n2c(SCC(=O)NCC(F)(F)F)nnc2-c2ccccc2)cc1. The van der Waals surface area contributed by atoms with Crippen LogP contribution in [0.15, 0.2) is 59.8 Å². The molecule has 10 heteroatoms. The number of carbonyl (C=O) groups excluding carboxylic acids is 1. The lowest BCUT2D eigenvalue weighted by Crippen LogP contribution is -2.34. The highest BCUT2D eigenvalue weighted by molar-refractivity contribution is 7.99. The molecule has 2 aromatic carbocycles. The molecule has 3 rings (SSSR count). The van der Waals surface area contributed by atoms with E-state index in [0.717, 1.165) is 23.0 Å². The van der Waals surface area contributed by atoms with Gasteiger partial charge < -0.3 is 10.1 Å². The van der Waals surface area contributed by atoms with Crippen molar-refractivity contribution in [1.82, 2.24) is 20.1 Å². The van der Waals surface area contributed by atoms with Gasteiger partial charge in [0.1, 0.15) is 12.3 Å². The number of nitrogens with one attached hydrogen (secondary N) is 1. The molecule has 3 aromatic rings. The van der Waals surface area contributed by atoms with Crippen molar-refractivity contribution in [3.05, 3.63) is 54.6 Å². The summed E-state index contributed by atoms with van der Waals surface area (Å²) in [5.74, 6) is 0.300. The molecule has 0 atom stereocenters. The molecule has 0 saturated heterocycles. The van der Waals surface area contributed by atoms with E-state index in [4.69, 9.17) is 4.74 Å². The highest BCUT2D eigenvalue weighted by Crippen LogP contribution is 2.28. The molecule has 0 aliphatic carbocycles. The Morgan fingerprint density at radius 3 is 2.43 bits per heavy atom. The number of aromatic nitrogens is 3. The van der Waals surface area contributed by atoms with Crippen LogP contribution in [0.4, 0.5) is 13.2 Å². The third-order valence-electron chi connectivity index (χ3n) is 3.89. The van der Waals surface area contributed by atoms with E-state index in [9.17, 15) is 18.0 Å². The third kappa shape index (κ3) is 5.76. The molecular formula is C20H19F3N4O2S. The van der Waals surface area contributed by atoms with Gasteiger partial charge in [0.2, 0.25) is 5.91 Å². The zero-order valence-electron chi connectivity index (χ0n) is 16.0. The molecule has 0 saturated carbocycles. The highest BCUT2D eigenvalue weighted by Gasteiger charge is 2.27. The summed E-state index contributed by atoms with van der Waals surface area (Å²) < 4.78 is 44.1. The monoisotopic (exact) mass is 436 g/mol. The first-order valence-electron chi connectivity index (χ1n) is 9.07. The fourth-order valence-corrected chi connectivity index (χ4v) is 3.39. The van der Waals surface area contributed by atoms with Crippen LogP contribution in [0, 0.1) is 0 Å². The average Bonchev–Trinajstić information content (AvgIpc) is 3.15. The first-order valence-corrected chi connectivity index (χ1v) is 10.1. The number of ether oxygens (including phenoxy) is 1. The van der Waals surface area contributed by atoms with Gasteiger partial charge in [-0.2, -0.15) is 13.2 Å². The molecule has 0 bridgehead atoms. The number of rotatable bonds is 8. The summed E-state index contributed by atoms with van der Waals surface area (Å²) in [5, 5.41) is 10.6. The normalized spacial score (nSPS) is 11.3. The van der Waals surface area contributed by atoms with Crippen molar-refractivity contribution in [3.63, 3.8) is 0 Å². The van der Waals surface area contributed by atoms with Crippen molar-refractivity contribution in [1.29, 1.82) is 0 Å². The third-order valence-corrected chi connectivity index (χ3v) is 4.82. The van der Waals surface area contributed by atoms with Crippen LogP contribution in [0.5, 0.6) is 5.75 Å². The van der Waals surface area contributed by atoms with Gasteiger partial charge in [-0.15, -0.1) is 10.2 Å². The lowest BCUT2D eigenvalue weighted by molar-refractivity contribution is -0.136. The summed E-state index contributed by atoms with van der Waals surface area (Å²) in [7, 11) is 0. The van der Waals surface area contributed by atoms with Gasteiger partial charge in [0, 0.05) is 11.3 Å². The highest BCUT2D eigenvalue weighted by atomic mass is 32.2. The molecule has 1 heterocycles. The number of nitrogens with zero attached hydrogens (tertiary/aromatic N) is 3. The molecule has 1 N–H and O–H groups in total. The Morgan fingerprint density at radius 1 is 1.10 bits per heavy atom. The summed E-state index contributed by atoms with van der Waals surface area (Å²) in [4.78, 5) is 11.8. The minimum Gasteiger partial charge on any atom is -0.494 e. The molecule has 30 heavy (non-hydrogen) atoms. The topological polar surface area (TPSA) is 69.0 Å². The Bertz CT molecular complexity index is 976. The minimum absolute atomic E-state index is 0.222. The van der Waals surface area contributed by atoms with Crippen molar-refractivity contribution in [2.24, 2.45) is 0 Å². The molecule has 1 amide bonds. The van der Waals surface area contributed by atoms with Gasteiger partial charge in [-0.25, -0.2) is 0 Å². The zero-order chi connectivity index (χ0) is 21.6. The second kappa shape index (κ2) is 9.66. The number of halogens is 3. The molecule has 1 aromatic heterocycles. The van der Waals surface area contributed by atoms with Crippen molar-refractivity contribution in [2.75, 3.05) is 18.9 Å². The summed E-state index contributed by atoms with van der Waals surface area (Å²) in [6, 6.07) is 16.6. The number of amides is 1.